The summed E-state index contributed by atoms with van der Waals surface area (Å²) in [7, 11) is 0. The molecule has 5 rings (SSSR count). The van der Waals surface area contributed by atoms with Gasteiger partial charge in [0.2, 0.25) is 6.79 Å². The molecule has 0 saturated carbocycles. The average molecular weight is 443 g/mol. The summed E-state index contributed by atoms with van der Waals surface area (Å²) in [5.74, 6) is 0.543. The molecule has 4 amide bonds. The number of amides is 4. The number of ether oxygens (including phenoxy) is 2. The summed E-state index contributed by atoms with van der Waals surface area (Å²) >= 11 is 0. The van der Waals surface area contributed by atoms with Crippen LogP contribution >= 0.6 is 0 Å². The Morgan fingerprint density at radius 1 is 1.00 bits per heavy atom. The molecule has 0 aromatic heterocycles. The predicted octanol–water partition coefficient (Wildman–Crippen LogP) is 3.63. The van der Waals surface area contributed by atoms with Crippen LogP contribution in [0.25, 0.3) is 0 Å². The van der Waals surface area contributed by atoms with Crippen LogP contribution in [-0.2, 0) is 16.9 Å². The number of rotatable bonds is 5. The lowest BCUT2D eigenvalue weighted by Crippen LogP contribution is -2.40. The van der Waals surface area contributed by atoms with Gasteiger partial charge < -0.3 is 20.1 Å². The highest BCUT2D eigenvalue weighted by Crippen LogP contribution is 2.38. The van der Waals surface area contributed by atoms with Crippen LogP contribution < -0.4 is 20.1 Å². The summed E-state index contributed by atoms with van der Waals surface area (Å²) in [5.41, 5.74) is 1.30. The first-order valence-electron chi connectivity index (χ1n) is 10.4. The first-order chi connectivity index (χ1) is 15.9. The monoisotopic (exact) mass is 443 g/mol. The molecule has 0 spiro atoms. The number of benzene rings is 3. The smallest absolute Gasteiger partial charge is 0.325 e. The number of urea groups is 1. The fourth-order valence-corrected chi connectivity index (χ4v) is 3.91. The highest BCUT2D eigenvalue weighted by molar-refractivity contribution is 6.07. The maximum atomic E-state index is 13.2. The molecule has 0 aliphatic carbocycles. The molecule has 2 N–H and O–H groups in total. The molecule has 8 nitrogen and oxygen atoms in total. The molecule has 2 aliphatic rings. The number of nitrogens with one attached hydrogen (secondary N) is 2. The van der Waals surface area contributed by atoms with Gasteiger partial charge in [0.25, 0.3) is 11.8 Å². The van der Waals surface area contributed by atoms with Gasteiger partial charge in [0.1, 0.15) is 5.54 Å². The molecule has 0 unspecified atom stereocenters. The van der Waals surface area contributed by atoms with Crippen LogP contribution in [0.4, 0.5) is 10.5 Å². The molecular weight excluding hydrogens is 422 g/mol. The van der Waals surface area contributed by atoms with Crippen LogP contribution in [0, 0.1) is 0 Å². The number of hydrogen-bond acceptors (Lipinski definition) is 5. The molecule has 1 atom stereocenters. The van der Waals surface area contributed by atoms with Gasteiger partial charge in [0.15, 0.2) is 11.5 Å². The van der Waals surface area contributed by atoms with E-state index in [1.807, 2.05) is 18.2 Å². The van der Waals surface area contributed by atoms with Crippen molar-refractivity contribution in [2.45, 2.75) is 19.0 Å². The number of imide groups is 1. The zero-order valence-electron chi connectivity index (χ0n) is 17.8. The Morgan fingerprint density at radius 3 is 2.48 bits per heavy atom. The number of para-hydroxylation sites is 1. The molecular formula is C25H21N3O5. The van der Waals surface area contributed by atoms with Crippen LogP contribution in [0.5, 0.6) is 11.5 Å². The maximum Gasteiger partial charge on any atom is 0.325 e. The van der Waals surface area contributed by atoms with Gasteiger partial charge >= 0.3 is 6.03 Å². The van der Waals surface area contributed by atoms with Crippen molar-refractivity contribution in [2.75, 3.05) is 12.1 Å². The molecule has 2 aliphatic heterocycles. The third-order valence-electron chi connectivity index (χ3n) is 5.81. The summed E-state index contributed by atoms with van der Waals surface area (Å²) in [5, 5.41) is 5.62. The van der Waals surface area contributed by atoms with Crippen LogP contribution in [0.15, 0.2) is 72.8 Å². The van der Waals surface area contributed by atoms with Crippen LogP contribution in [0.2, 0.25) is 0 Å². The molecule has 3 aromatic carbocycles. The molecule has 166 valence electrons. The molecule has 33 heavy (non-hydrogen) atoms. The van der Waals surface area contributed by atoms with Crippen molar-refractivity contribution >= 4 is 23.5 Å². The standard InChI is InChI=1S/C25H21N3O5/c1-25(18-11-12-20-21(13-18)33-15-32-20)23(30)28(24(31)27-25)14-16-7-9-17(10-8-16)22(29)26-19-5-3-2-4-6-19/h2-13H,14-15H2,1H3,(H,26,29)(H,27,31)/t25-/m0/s1. The zero-order valence-corrected chi connectivity index (χ0v) is 17.8. The first-order valence-corrected chi connectivity index (χ1v) is 10.4. The Labute approximate surface area is 190 Å². The maximum absolute atomic E-state index is 13.2. The minimum Gasteiger partial charge on any atom is -0.454 e. The fraction of sp³-hybridized carbons (Fsp3) is 0.160. The van der Waals surface area contributed by atoms with Gasteiger partial charge in [-0.1, -0.05) is 36.4 Å². The molecule has 3 aromatic rings. The van der Waals surface area contributed by atoms with Crippen molar-refractivity contribution < 1.29 is 23.9 Å². The summed E-state index contributed by atoms with van der Waals surface area (Å²) in [6.07, 6.45) is 0. The Hall–Kier alpha value is -4.33. The van der Waals surface area contributed by atoms with Gasteiger partial charge in [-0.25, -0.2) is 4.79 Å². The average Bonchev–Trinajstić information content (AvgIpc) is 3.38. The Morgan fingerprint density at radius 2 is 1.73 bits per heavy atom. The van der Waals surface area contributed by atoms with E-state index in [2.05, 4.69) is 10.6 Å². The molecule has 0 radical (unpaired) electrons. The van der Waals surface area contributed by atoms with E-state index >= 15 is 0 Å². The normalized spacial score (nSPS) is 18.9. The van der Waals surface area contributed by atoms with Crippen molar-refractivity contribution in [1.82, 2.24) is 10.2 Å². The Bertz CT molecular complexity index is 1240. The predicted molar refractivity (Wildman–Crippen MR) is 120 cm³/mol. The molecule has 0 bridgehead atoms. The summed E-state index contributed by atoms with van der Waals surface area (Å²) in [6, 6.07) is 20.7. The van der Waals surface area contributed by atoms with Crippen molar-refractivity contribution in [3.05, 3.63) is 89.5 Å². The van der Waals surface area contributed by atoms with Gasteiger partial charge in [0.05, 0.1) is 6.54 Å². The van der Waals surface area contributed by atoms with E-state index in [1.165, 1.54) is 4.90 Å². The third-order valence-corrected chi connectivity index (χ3v) is 5.81. The Kier molecular flexibility index (Phi) is 4.97. The van der Waals surface area contributed by atoms with Gasteiger partial charge in [-0.15, -0.1) is 0 Å². The van der Waals surface area contributed by atoms with Crippen molar-refractivity contribution in [3.8, 4) is 11.5 Å². The van der Waals surface area contributed by atoms with Crippen molar-refractivity contribution in [1.29, 1.82) is 0 Å². The third kappa shape index (κ3) is 3.76. The second kappa shape index (κ2) is 7.98. The minimum atomic E-state index is -1.21. The number of carbonyl (C=O) groups excluding carboxylic acids is 3. The minimum absolute atomic E-state index is 0.0887. The van der Waals surface area contributed by atoms with E-state index in [0.717, 1.165) is 5.56 Å². The lowest BCUT2D eigenvalue weighted by Gasteiger charge is -2.22. The summed E-state index contributed by atoms with van der Waals surface area (Å²) in [6.45, 7) is 1.88. The number of fused-ring (bicyclic) bond motifs is 1. The molecule has 1 fully saturated rings. The van der Waals surface area contributed by atoms with E-state index < -0.39 is 11.6 Å². The number of anilines is 1. The lowest BCUT2D eigenvalue weighted by molar-refractivity contribution is -0.131. The van der Waals surface area contributed by atoms with Gasteiger partial charge in [-0.3, -0.25) is 14.5 Å². The van der Waals surface area contributed by atoms with E-state index in [9.17, 15) is 14.4 Å². The first kappa shape index (κ1) is 20.6. The topological polar surface area (TPSA) is 97.0 Å². The van der Waals surface area contributed by atoms with Crippen LogP contribution in [-0.4, -0.2) is 29.5 Å². The van der Waals surface area contributed by atoms with E-state index in [0.29, 0.717) is 28.3 Å². The van der Waals surface area contributed by atoms with Gasteiger partial charge in [0, 0.05) is 11.3 Å². The molecule has 8 heteroatoms. The fourth-order valence-electron chi connectivity index (χ4n) is 3.91. The van der Waals surface area contributed by atoms with Crippen molar-refractivity contribution in [3.63, 3.8) is 0 Å². The summed E-state index contributed by atoms with van der Waals surface area (Å²) < 4.78 is 10.7. The summed E-state index contributed by atoms with van der Waals surface area (Å²) in [4.78, 5) is 39.5. The van der Waals surface area contributed by atoms with Gasteiger partial charge in [-0.2, -0.15) is 0 Å². The quantitative estimate of drug-likeness (QED) is 0.587. The van der Waals surface area contributed by atoms with E-state index in [4.69, 9.17) is 9.47 Å². The second-order valence-electron chi connectivity index (χ2n) is 8.03. The van der Waals surface area contributed by atoms with E-state index in [-0.39, 0.29) is 25.2 Å². The SMILES string of the molecule is C[C@@]1(c2ccc3c(c2)OCO3)NC(=O)N(Cc2ccc(C(=O)Nc3ccccc3)cc2)C1=O. The number of nitrogens with zero attached hydrogens (tertiary/aromatic N) is 1. The highest BCUT2D eigenvalue weighted by atomic mass is 16.7. The van der Waals surface area contributed by atoms with Crippen LogP contribution in [0.3, 0.4) is 0 Å². The second-order valence-corrected chi connectivity index (χ2v) is 8.03. The lowest BCUT2D eigenvalue weighted by atomic mass is 9.91. The van der Waals surface area contributed by atoms with E-state index in [1.54, 1.807) is 61.5 Å². The zero-order chi connectivity index (χ0) is 23.0. The number of carbonyl (C=O) groups is 3. The van der Waals surface area contributed by atoms with Crippen molar-refractivity contribution in [2.24, 2.45) is 0 Å². The Balaban J connectivity index is 1.30. The largest absolute Gasteiger partial charge is 0.454 e. The molecule has 1 saturated heterocycles. The van der Waals surface area contributed by atoms with Crippen LogP contribution in [0.1, 0.15) is 28.4 Å². The highest BCUT2D eigenvalue weighted by Gasteiger charge is 2.49. The molecule has 2 heterocycles. The number of hydrogen-bond donors (Lipinski definition) is 2. The van der Waals surface area contributed by atoms with Gasteiger partial charge in [-0.05, 0) is 54.4 Å².